The van der Waals surface area contributed by atoms with Crippen LogP contribution >= 0.6 is 11.8 Å². The SMILES string of the molecule is COc1cc(C#N)ccc1OC(=O)CSCc1c(C)noc1C. The van der Waals surface area contributed by atoms with Crippen molar-refractivity contribution in [1.29, 1.82) is 5.26 Å². The Morgan fingerprint density at radius 2 is 2.17 bits per heavy atom. The Hall–Kier alpha value is -2.46. The molecule has 0 saturated carbocycles. The summed E-state index contributed by atoms with van der Waals surface area (Å²) in [6, 6.07) is 6.65. The van der Waals surface area contributed by atoms with E-state index in [1.54, 1.807) is 12.1 Å². The van der Waals surface area contributed by atoms with Crippen molar-refractivity contribution in [3.05, 3.63) is 40.8 Å². The Morgan fingerprint density at radius 3 is 2.78 bits per heavy atom. The first-order valence-corrected chi connectivity index (χ1v) is 7.99. The second-order valence-electron chi connectivity index (χ2n) is 4.75. The minimum atomic E-state index is -0.384. The van der Waals surface area contributed by atoms with Crippen LogP contribution in [-0.2, 0) is 10.5 Å². The minimum Gasteiger partial charge on any atom is -0.493 e. The van der Waals surface area contributed by atoms with E-state index in [1.807, 2.05) is 19.9 Å². The molecule has 7 heteroatoms. The van der Waals surface area contributed by atoms with Gasteiger partial charge in [-0.05, 0) is 26.0 Å². The van der Waals surface area contributed by atoms with Crippen molar-refractivity contribution < 1.29 is 18.8 Å². The van der Waals surface area contributed by atoms with Crippen LogP contribution in [0.4, 0.5) is 0 Å². The van der Waals surface area contributed by atoms with E-state index < -0.39 is 0 Å². The highest BCUT2D eigenvalue weighted by Crippen LogP contribution is 2.28. The number of ether oxygens (including phenoxy) is 2. The van der Waals surface area contributed by atoms with Crippen molar-refractivity contribution in [1.82, 2.24) is 5.16 Å². The molecule has 0 bridgehead atoms. The van der Waals surface area contributed by atoms with E-state index in [-0.39, 0.29) is 11.7 Å². The number of methoxy groups -OCH3 is 1. The molecule has 2 rings (SSSR count). The number of esters is 1. The lowest BCUT2D eigenvalue weighted by Gasteiger charge is -2.09. The lowest BCUT2D eigenvalue weighted by molar-refractivity contribution is -0.131. The van der Waals surface area contributed by atoms with Gasteiger partial charge in [0.1, 0.15) is 5.76 Å². The van der Waals surface area contributed by atoms with Gasteiger partial charge in [-0.25, -0.2) is 0 Å². The van der Waals surface area contributed by atoms with Crippen molar-refractivity contribution in [3.63, 3.8) is 0 Å². The number of nitrogens with zero attached hydrogens (tertiary/aromatic N) is 2. The molecule has 1 aromatic carbocycles. The molecule has 0 aliphatic heterocycles. The number of aromatic nitrogens is 1. The quantitative estimate of drug-likeness (QED) is 0.593. The molecule has 0 N–H and O–H groups in total. The van der Waals surface area contributed by atoms with Crippen LogP contribution in [0.5, 0.6) is 11.5 Å². The number of aryl methyl sites for hydroxylation is 2. The number of nitriles is 1. The maximum Gasteiger partial charge on any atom is 0.321 e. The van der Waals surface area contributed by atoms with Crippen molar-refractivity contribution in [3.8, 4) is 17.6 Å². The summed E-state index contributed by atoms with van der Waals surface area (Å²) < 4.78 is 15.5. The molecular weight excluding hydrogens is 316 g/mol. The van der Waals surface area contributed by atoms with E-state index in [4.69, 9.17) is 19.3 Å². The summed E-state index contributed by atoms with van der Waals surface area (Å²) in [6.07, 6.45) is 0. The molecule has 1 aromatic heterocycles. The highest BCUT2D eigenvalue weighted by molar-refractivity contribution is 7.99. The Kier molecular flexibility index (Phi) is 5.66. The Bertz CT molecular complexity index is 730. The fourth-order valence-corrected chi connectivity index (χ4v) is 2.86. The van der Waals surface area contributed by atoms with Gasteiger partial charge in [-0.3, -0.25) is 4.79 Å². The number of thioether (sulfide) groups is 1. The topological polar surface area (TPSA) is 85.4 Å². The zero-order valence-corrected chi connectivity index (χ0v) is 13.9. The molecule has 0 aliphatic carbocycles. The summed E-state index contributed by atoms with van der Waals surface area (Å²) >= 11 is 1.42. The van der Waals surface area contributed by atoms with Crippen LogP contribution in [0.1, 0.15) is 22.6 Å². The third-order valence-electron chi connectivity index (χ3n) is 3.16. The summed E-state index contributed by atoms with van der Waals surface area (Å²) in [5, 5.41) is 12.7. The standard InChI is InChI=1S/C16H16N2O4S/c1-10-13(11(2)22-18-10)8-23-9-16(19)21-14-5-4-12(7-17)6-15(14)20-3/h4-6H,8-9H2,1-3H3. The molecule has 0 amide bonds. The highest BCUT2D eigenvalue weighted by Gasteiger charge is 2.13. The summed E-state index contributed by atoms with van der Waals surface area (Å²) in [4.78, 5) is 11.9. The lowest BCUT2D eigenvalue weighted by Crippen LogP contribution is -2.11. The Labute approximate surface area is 138 Å². The van der Waals surface area contributed by atoms with Gasteiger partial charge in [0, 0.05) is 17.4 Å². The molecule has 1 heterocycles. The number of carbonyl (C=O) groups is 1. The normalized spacial score (nSPS) is 10.2. The summed E-state index contributed by atoms with van der Waals surface area (Å²) in [5.74, 6) is 1.85. The second-order valence-corrected chi connectivity index (χ2v) is 5.73. The number of carbonyl (C=O) groups excluding carboxylic acids is 1. The van der Waals surface area contributed by atoms with E-state index >= 15 is 0 Å². The van der Waals surface area contributed by atoms with Gasteiger partial charge < -0.3 is 14.0 Å². The smallest absolute Gasteiger partial charge is 0.321 e. The van der Waals surface area contributed by atoms with Crippen LogP contribution < -0.4 is 9.47 Å². The van der Waals surface area contributed by atoms with Gasteiger partial charge in [0.15, 0.2) is 11.5 Å². The molecule has 120 valence electrons. The molecule has 0 atom stereocenters. The molecule has 0 unspecified atom stereocenters. The molecule has 0 spiro atoms. The van der Waals surface area contributed by atoms with E-state index in [9.17, 15) is 4.79 Å². The van der Waals surface area contributed by atoms with Crippen LogP contribution in [-0.4, -0.2) is 24.0 Å². The van der Waals surface area contributed by atoms with Crippen molar-refractivity contribution in [2.75, 3.05) is 12.9 Å². The van der Waals surface area contributed by atoms with Crippen molar-refractivity contribution >= 4 is 17.7 Å². The molecule has 6 nitrogen and oxygen atoms in total. The van der Waals surface area contributed by atoms with Gasteiger partial charge in [-0.2, -0.15) is 5.26 Å². The predicted molar refractivity (Wildman–Crippen MR) is 85.5 cm³/mol. The lowest BCUT2D eigenvalue weighted by atomic mass is 10.2. The van der Waals surface area contributed by atoms with Crippen LogP contribution in [0.15, 0.2) is 22.7 Å². The van der Waals surface area contributed by atoms with Crippen LogP contribution in [0.25, 0.3) is 0 Å². The van der Waals surface area contributed by atoms with Gasteiger partial charge in [0.05, 0.1) is 30.2 Å². The first-order valence-electron chi connectivity index (χ1n) is 6.83. The third-order valence-corrected chi connectivity index (χ3v) is 4.10. The molecular formula is C16H16N2O4S. The van der Waals surface area contributed by atoms with Crippen molar-refractivity contribution in [2.45, 2.75) is 19.6 Å². The first-order chi connectivity index (χ1) is 11.0. The van der Waals surface area contributed by atoms with Gasteiger partial charge >= 0.3 is 5.97 Å². The van der Waals surface area contributed by atoms with Gasteiger partial charge in [0.25, 0.3) is 0 Å². The van der Waals surface area contributed by atoms with Crippen LogP contribution in [0, 0.1) is 25.2 Å². The van der Waals surface area contributed by atoms with E-state index in [1.165, 1.54) is 24.9 Å². The van der Waals surface area contributed by atoms with E-state index in [2.05, 4.69) is 5.16 Å². The monoisotopic (exact) mass is 332 g/mol. The molecule has 0 radical (unpaired) electrons. The number of benzene rings is 1. The van der Waals surface area contributed by atoms with Crippen molar-refractivity contribution in [2.24, 2.45) is 0 Å². The maximum atomic E-state index is 11.9. The number of hydrogen-bond donors (Lipinski definition) is 0. The molecule has 2 aromatic rings. The average molecular weight is 332 g/mol. The molecule has 0 saturated heterocycles. The van der Waals surface area contributed by atoms with Crippen LogP contribution in [0.2, 0.25) is 0 Å². The summed E-state index contributed by atoms with van der Waals surface area (Å²) in [6.45, 7) is 3.71. The molecule has 0 fully saturated rings. The minimum absolute atomic E-state index is 0.188. The number of rotatable bonds is 6. The van der Waals surface area contributed by atoms with Crippen LogP contribution in [0.3, 0.4) is 0 Å². The van der Waals surface area contributed by atoms with Gasteiger partial charge in [0.2, 0.25) is 0 Å². The van der Waals surface area contributed by atoms with E-state index in [0.29, 0.717) is 22.8 Å². The predicted octanol–water partition coefficient (Wildman–Crippen LogP) is 3.01. The van der Waals surface area contributed by atoms with Gasteiger partial charge in [-0.1, -0.05) is 5.16 Å². The summed E-state index contributed by atoms with van der Waals surface area (Å²) in [5.41, 5.74) is 2.27. The Morgan fingerprint density at radius 1 is 1.39 bits per heavy atom. The average Bonchev–Trinajstić information content (AvgIpc) is 2.87. The fraction of sp³-hybridized carbons (Fsp3) is 0.312. The fourth-order valence-electron chi connectivity index (χ4n) is 1.92. The van der Waals surface area contributed by atoms with E-state index in [0.717, 1.165) is 17.0 Å². The Balaban J connectivity index is 1.91. The largest absolute Gasteiger partial charge is 0.493 e. The molecule has 0 aliphatic rings. The third kappa shape index (κ3) is 4.27. The highest BCUT2D eigenvalue weighted by atomic mass is 32.2. The maximum absolute atomic E-state index is 11.9. The zero-order chi connectivity index (χ0) is 16.8. The zero-order valence-electron chi connectivity index (χ0n) is 13.1. The number of hydrogen-bond acceptors (Lipinski definition) is 7. The summed E-state index contributed by atoms with van der Waals surface area (Å²) in [7, 11) is 1.46. The first kappa shape index (κ1) is 16.9. The second kappa shape index (κ2) is 7.70. The van der Waals surface area contributed by atoms with Gasteiger partial charge in [-0.15, -0.1) is 11.8 Å². The molecule has 23 heavy (non-hydrogen) atoms.